The summed E-state index contributed by atoms with van der Waals surface area (Å²) in [5, 5.41) is 9.10. The second kappa shape index (κ2) is 7.70. The van der Waals surface area contributed by atoms with Crippen molar-refractivity contribution in [2.45, 2.75) is 20.0 Å². The summed E-state index contributed by atoms with van der Waals surface area (Å²) < 4.78 is 16.1. The van der Waals surface area contributed by atoms with Gasteiger partial charge in [0, 0.05) is 4.47 Å². The van der Waals surface area contributed by atoms with E-state index < -0.39 is 5.97 Å². The van der Waals surface area contributed by atoms with Crippen LogP contribution in [-0.2, 0) is 9.53 Å². The molecule has 0 bridgehead atoms. The second-order valence-electron chi connectivity index (χ2n) is 4.35. The molecule has 0 radical (unpaired) electrons. The van der Waals surface area contributed by atoms with Crippen molar-refractivity contribution in [2.75, 3.05) is 14.2 Å². The van der Waals surface area contributed by atoms with Crippen molar-refractivity contribution in [3.8, 4) is 17.6 Å². The van der Waals surface area contributed by atoms with E-state index >= 15 is 0 Å². The SMILES string of the molecule is COc1cc(Br)c(/C=C(\C#N)C(=O)OC(C)C)cc1OC. The summed E-state index contributed by atoms with van der Waals surface area (Å²) in [5.74, 6) is 0.389. The monoisotopic (exact) mass is 353 g/mol. The first kappa shape index (κ1) is 17.1. The van der Waals surface area contributed by atoms with E-state index in [9.17, 15) is 4.79 Å². The van der Waals surface area contributed by atoms with Crippen LogP contribution < -0.4 is 9.47 Å². The number of halogens is 1. The summed E-state index contributed by atoms with van der Waals surface area (Å²) >= 11 is 3.37. The van der Waals surface area contributed by atoms with Crippen molar-refractivity contribution >= 4 is 28.0 Å². The molecule has 0 aliphatic heterocycles. The van der Waals surface area contributed by atoms with Crippen LogP contribution in [0.3, 0.4) is 0 Å². The molecule has 6 heteroatoms. The zero-order valence-corrected chi connectivity index (χ0v) is 13.9. The molecular weight excluding hydrogens is 338 g/mol. The van der Waals surface area contributed by atoms with Crippen molar-refractivity contribution < 1.29 is 19.0 Å². The van der Waals surface area contributed by atoms with Crippen LogP contribution in [0.25, 0.3) is 6.08 Å². The van der Waals surface area contributed by atoms with E-state index in [1.165, 1.54) is 20.3 Å². The van der Waals surface area contributed by atoms with Crippen molar-refractivity contribution in [3.05, 3.63) is 27.7 Å². The highest BCUT2D eigenvalue weighted by Gasteiger charge is 2.15. The van der Waals surface area contributed by atoms with Gasteiger partial charge in [-0.1, -0.05) is 15.9 Å². The maximum Gasteiger partial charge on any atom is 0.349 e. The predicted molar refractivity (Wildman–Crippen MR) is 82.1 cm³/mol. The molecular formula is C15H16BrNO4. The zero-order valence-electron chi connectivity index (χ0n) is 12.3. The van der Waals surface area contributed by atoms with Gasteiger partial charge in [0.15, 0.2) is 11.5 Å². The van der Waals surface area contributed by atoms with E-state index in [1.807, 2.05) is 6.07 Å². The first-order valence-electron chi connectivity index (χ1n) is 6.17. The van der Waals surface area contributed by atoms with Gasteiger partial charge in [-0.15, -0.1) is 0 Å². The van der Waals surface area contributed by atoms with Gasteiger partial charge in [0.1, 0.15) is 11.6 Å². The van der Waals surface area contributed by atoms with Gasteiger partial charge in [-0.05, 0) is 37.6 Å². The minimum atomic E-state index is -0.658. The number of hydrogen-bond donors (Lipinski definition) is 0. The molecule has 0 aromatic heterocycles. The molecule has 0 amide bonds. The lowest BCUT2D eigenvalue weighted by molar-refractivity contribution is -0.142. The zero-order chi connectivity index (χ0) is 16.0. The van der Waals surface area contributed by atoms with Gasteiger partial charge in [-0.25, -0.2) is 4.79 Å². The van der Waals surface area contributed by atoms with E-state index in [1.54, 1.807) is 26.0 Å². The Morgan fingerprint density at radius 1 is 1.29 bits per heavy atom. The summed E-state index contributed by atoms with van der Waals surface area (Å²) in [6, 6.07) is 5.21. The average molecular weight is 354 g/mol. The Hall–Kier alpha value is -2.00. The molecule has 1 aromatic carbocycles. The number of carbonyl (C=O) groups is 1. The summed E-state index contributed by atoms with van der Waals surface area (Å²) in [6.07, 6.45) is 1.15. The Kier molecular flexibility index (Phi) is 6.25. The van der Waals surface area contributed by atoms with Crippen molar-refractivity contribution in [1.29, 1.82) is 5.26 Å². The fourth-order valence-corrected chi connectivity index (χ4v) is 1.99. The predicted octanol–water partition coefficient (Wildman–Crippen LogP) is 3.32. The van der Waals surface area contributed by atoms with Gasteiger partial charge in [0.05, 0.1) is 20.3 Å². The summed E-state index contributed by atoms with van der Waals surface area (Å²) in [5.41, 5.74) is 0.529. The molecule has 5 nitrogen and oxygen atoms in total. The topological polar surface area (TPSA) is 68.5 Å². The first-order chi connectivity index (χ1) is 9.92. The smallest absolute Gasteiger partial charge is 0.349 e. The molecule has 112 valence electrons. The van der Waals surface area contributed by atoms with Crippen LogP contribution in [-0.4, -0.2) is 26.3 Å². The Bertz CT molecular complexity index is 602. The van der Waals surface area contributed by atoms with Crippen LogP contribution in [0.1, 0.15) is 19.4 Å². The lowest BCUT2D eigenvalue weighted by atomic mass is 10.1. The number of rotatable bonds is 5. The normalized spacial score (nSPS) is 11.0. The molecule has 0 unspecified atom stereocenters. The van der Waals surface area contributed by atoms with E-state index in [0.29, 0.717) is 21.5 Å². The van der Waals surface area contributed by atoms with Crippen LogP contribution in [0, 0.1) is 11.3 Å². The van der Waals surface area contributed by atoms with Crippen molar-refractivity contribution in [3.63, 3.8) is 0 Å². The Morgan fingerprint density at radius 2 is 1.86 bits per heavy atom. The lowest BCUT2D eigenvalue weighted by Gasteiger charge is -2.10. The van der Waals surface area contributed by atoms with Crippen LogP contribution in [0.2, 0.25) is 0 Å². The van der Waals surface area contributed by atoms with Gasteiger partial charge >= 0.3 is 5.97 Å². The lowest BCUT2D eigenvalue weighted by Crippen LogP contribution is -2.12. The van der Waals surface area contributed by atoms with Crippen LogP contribution in [0.5, 0.6) is 11.5 Å². The maximum absolute atomic E-state index is 11.8. The summed E-state index contributed by atoms with van der Waals surface area (Å²) in [4.78, 5) is 11.8. The molecule has 0 aliphatic carbocycles. The molecule has 0 spiro atoms. The van der Waals surface area contributed by atoms with Gasteiger partial charge in [-0.3, -0.25) is 0 Å². The van der Waals surface area contributed by atoms with E-state index in [2.05, 4.69) is 15.9 Å². The number of esters is 1. The molecule has 21 heavy (non-hydrogen) atoms. The molecule has 0 aliphatic rings. The van der Waals surface area contributed by atoms with Gasteiger partial charge in [0.25, 0.3) is 0 Å². The summed E-state index contributed by atoms with van der Waals surface area (Å²) in [7, 11) is 3.04. The van der Waals surface area contributed by atoms with E-state index in [4.69, 9.17) is 19.5 Å². The van der Waals surface area contributed by atoms with Gasteiger partial charge in [0.2, 0.25) is 0 Å². The maximum atomic E-state index is 11.8. The Balaban J connectivity index is 3.23. The third-order valence-corrected chi connectivity index (χ3v) is 3.17. The molecule has 0 saturated heterocycles. The average Bonchev–Trinajstić information content (AvgIpc) is 2.44. The second-order valence-corrected chi connectivity index (χ2v) is 5.21. The highest BCUT2D eigenvalue weighted by atomic mass is 79.9. The number of benzene rings is 1. The first-order valence-corrected chi connectivity index (χ1v) is 6.96. The largest absolute Gasteiger partial charge is 0.493 e. The number of hydrogen-bond acceptors (Lipinski definition) is 5. The van der Waals surface area contributed by atoms with Crippen molar-refractivity contribution in [2.24, 2.45) is 0 Å². The van der Waals surface area contributed by atoms with Crippen molar-refractivity contribution in [1.82, 2.24) is 0 Å². The number of carbonyl (C=O) groups excluding carboxylic acids is 1. The number of methoxy groups -OCH3 is 2. The fourth-order valence-electron chi connectivity index (χ4n) is 1.55. The van der Waals surface area contributed by atoms with E-state index in [-0.39, 0.29) is 11.7 Å². The molecule has 1 rings (SSSR count). The Morgan fingerprint density at radius 3 is 2.33 bits per heavy atom. The molecule has 0 atom stereocenters. The number of nitrogens with zero attached hydrogens (tertiary/aromatic N) is 1. The Labute approximate surface area is 132 Å². The van der Waals surface area contributed by atoms with Crippen LogP contribution in [0.15, 0.2) is 22.2 Å². The third kappa shape index (κ3) is 4.50. The van der Waals surface area contributed by atoms with Crippen LogP contribution in [0.4, 0.5) is 0 Å². The van der Waals surface area contributed by atoms with Crippen LogP contribution >= 0.6 is 15.9 Å². The fraction of sp³-hybridized carbons (Fsp3) is 0.333. The van der Waals surface area contributed by atoms with Gasteiger partial charge in [-0.2, -0.15) is 5.26 Å². The highest BCUT2D eigenvalue weighted by molar-refractivity contribution is 9.10. The molecule has 1 aromatic rings. The molecule has 0 fully saturated rings. The summed E-state index contributed by atoms with van der Waals surface area (Å²) in [6.45, 7) is 3.44. The molecule has 0 heterocycles. The van der Waals surface area contributed by atoms with Gasteiger partial charge < -0.3 is 14.2 Å². The standard InChI is InChI=1S/C15H16BrNO4/c1-9(2)21-15(18)11(8-17)5-10-6-13(19-3)14(20-4)7-12(10)16/h5-7,9H,1-4H3/b11-5+. The van der Waals surface area contributed by atoms with E-state index in [0.717, 1.165) is 0 Å². The highest BCUT2D eigenvalue weighted by Crippen LogP contribution is 2.34. The number of ether oxygens (including phenoxy) is 3. The minimum absolute atomic E-state index is 0.0865. The minimum Gasteiger partial charge on any atom is -0.493 e. The molecule has 0 saturated carbocycles. The quantitative estimate of drug-likeness (QED) is 0.461. The third-order valence-electron chi connectivity index (χ3n) is 2.49. The molecule has 0 N–H and O–H groups in total. The number of nitriles is 1.